The van der Waals surface area contributed by atoms with Gasteiger partial charge in [-0.15, -0.1) is 0 Å². The van der Waals surface area contributed by atoms with E-state index in [1.165, 1.54) is 6.42 Å². The van der Waals surface area contributed by atoms with Crippen LogP contribution >= 0.6 is 0 Å². The van der Waals surface area contributed by atoms with Crippen LogP contribution in [-0.2, 0) is 4.79 Å². The number of piperidine rings is 1. The first-order valence-electron chi connectivity index (χ1n) is 8.46. The molecule has 2 heterocycles. The van der Waals surface area contributed by atoms with Gasteiger partial charge in [0, 0.05) is 40.7 Å². The number of carboxylic acid groups (broad SMARTS) is 1. The Bertz CT molecular complexity index is 877. The summed E-state index contributed by atoms with van der Waals surface area (Å²) in [5, 5.41) is 10.5. The summed E-state index contributed by atoms with van der Waals surface area (Å²) < 4.78 is 0. The maximum absolute atomic E-state index is 12.7. The van der Waals surface area contributed by atoms with Crippen LogP contribution in [0.5, 0.6) is 0 Å². The summed E-state index contributed by atoms with van der Waals surface area (Å²) in [6.07, 6.45) is 3.49. The van der Waals surface area contributed by atoms with Gasteiger partial charge in [0.25, 0.3) is 11.8 Å². The summed E-state index contributed by atoms with van der Waals surface area (Å²) in [6.45, 7) is 1.30. The number of imide groups is 1. The van der Waals surface area contributed by atoms with Crippen LogP contribution < -0.4 is 4.90 Å². The zero-order valence-corrected chi connectivity index (χ0v) is 13.7. The third-order valence-electron chi connectivity index (χ3n) is 4.96. The molecule has 2 aliphatic rings. The third-order valence-corrected chi connectivity index (χ3v) is 4.96. The lowest BCUT2D eigenvalue weighted by Gasteiger charge is -2.32. The Kier molecular flexibility index (Phi) is 3.67. The molecule has 0 aromatic heterocycles. The van der Waals surface area contributed by atoms with E-state index >= 15 is 0 Å². The van der Waals surface area contributed by atoms with Crippen LogP contribution in [0.25, 0.3) is 10.8 Å². The highest BCUT2D eigenvalue weighted by Gasteiger charge is 2.34. The average Bonchev–Trinajstić information content (AvgIpc) is 2.63. The molecule has 0 spiro atoms. The van der Waals surface area contributed by atoms with Gasteiger partial charge in [-0.2, -0.15) is 0 Å². The molecule has 0 radical (unpaired) electrons. The lowest BCUT2D eigenvalue weighted by atomic mass is 9.92. The lowest BCUT2D eigenvalue weighted by Crippen LogP contribution is -2.43. The molecule has 128 valence electrons. The van der Waals surface area contributed by atoms with Crippen molar-refractivity contribution in [1.29, 1.82) is 0 Å². The Balaban J connectivity index is 1.89. The van der Waals surface area contributed by atoms with E-state index in [2.05, 4.69) is 4.90 Å². The number of carboxylic acids is 1. The Morgan fingerprint density at radius 3 is 2.32 bits per heavy atom. The zero-order valence-electron chi connectivity index (χ0n) is 13.7. The maximum atomic E-state index is 12.7. The standard InChI is InChI=1S/C19H18N2O4/c22-16(23)11-21-18(24)13-6-4-5-12-15(20-9-2-1-3-10-20)8-7-14(17(12)13)19(21)25/h4-8H,1-3,9-11H2,(H,22,23). The fourth-order valence-corrected chi connectivity index (χ4v) is 3.82. The van der Waals surface area contributed by atoms with Gasteiger partial charge in [-0.05, 0) is 37.5 Å². The van der Waals surface area contributed by atoms with Crippen LogP contribution in [0.3, 0.4) is 0 Å². The first-order chi connectivity index (χ1) is 12.1. The average molecular weight is 338 g/mol. The number of hydrogen-bond acceptors (Lipinski definition) is 4. The number of rotatable bonds is 3. The molecule has 4 rings (SSSR count). The van der Waals surface area contributed by atoms with Crippen molar-refractivity contribution in [2.45, 2.75) is 19.3 Å². The summed E-state index contributed by atoms with van der Waals surface area (Å²) in [6, 6.07) is 9.02. The smallest absolute Gasteiger partial charge is 0.323 e. The van der Waals surface area contributed by atoms with E-state index in [1.54, 1.807) is 18.2 Å². The summed E-state index contributed by atoms with van der Waals surface area (Å²) >= 11 is 0. The molecule has 6 heteroatoms. The molecule has 25 heavy (non-hydrogen) atoms. The second-order valence-corrected chi connectivity index (χ2v) is 6.50. The van der Waals surface area contributed by atoms with Gasteiger partial charge in [-0.25, -0.2) is 0 Å². The van der Waals surface area contributed by atoms with Crippen molar-refractivity contribution in [3.05, 3.63) is 41.5 Å². The predicted octanol–water partition coefficient (Wildman–Crippen LogP) is 2.51. The van der Waals surface area contributed by atoms with E-state index < -0.39 is 24.3 Å². The molecule has 0 bridgehead atoms. The Morgan fingerprint density at radius 1 is 0.960 bits per heavy atom. The number of hydrogen-bond donors (Lipinski definition) is 1. The van der Waals surface area contributed by atoms with Crippen molar-refractivity contribution in [3.63, 3.8) is 0 Å². The molecular weight excluding hydrogens is 320 g/mol. The van der Waals surface area contributed by atoms with Crippen molar-refractivity contribution in [2.24, 2.45) is 0 Å². The second kappa shape index (κ2) is 5.88. The van der Waals surface area contributed by atoms with Gasteiger partial charge in [-0.1, -0.05) is 12.1 Å². The fraction of sp³-hybridized carbons (Fsp3) is 0.316. The van der Waals surface area contributed by atoms with E-state index in [-0.39, 0.29) is 0 Å². The molecule has 2 amide bonds. The van der Waals surface area contributed by atoms with Gasteiger partial charge in [0.1, 0.15) is 6.54 Å². The van der Waals surface area contributed by atoms with Crippen molar-refractivity contribution < 1.29 is 19.5 Å². The first-order valence-corrected chi connectivity index (χ1v) is 8.46. The van der Waals surface area contributed by atoms with E-state index in [1.807, 2.05) is 12.1 Å². The van der Waals surface area contributed by atoms with E-state index in [9.17, 15) is 14.4 Å². The van der Waals surface area contributed by atoms with E-state index in [0.29, 0.717) is 16.5 Å². The highest BCUT2D eigenvalue weighted by atomic mass is 16.4. The molecule has 2 aromatic carbocycles. The van der Waals surface area contributed by atoms with Gasteiger partial charge in [0.05, 0.1) is 0 Å². The van der Waals surface area contributed by atoms with Crippen LogP contribution in [-0.4, -0.2) is 47.4 Å². The van der Waals surface area contributed by atoms with Gasteiger partial charge >= 0.3 is 5.97 Å². The monoisotopic (exact) mass is 338 g/mol. The minimum absolute atomic E-state index is 0.396. The van der Waals surface area contributed by atoms with Crippen molar-refractivity contribution in [2.75, 3.05) is 24.5 Å². The highest BCUT2D eigenvalue weighted by molar-refractivity contribution is 6.27. The molecule has 0 aliphatic carbocycles. The number of aliphatic carboxylic acids is 1. The molecule has 0 unspecified atom stereocenters. The molecule has 1 saturated heterocycles. The number of nitrogens with zero attached hydrogens (tertiary/aromatic N) is 2. The Morgan fingerprint density at radius 2 is 1.64 bits per heavy atom. The van der Waals surface area contributed by atoms with Crippen LogP contribution in [0, 0.1) is 0 Å². The number of benzene rings is 2. The first kappa shape index (κ1) is 15.6. The number of carbonyl (C=O) groups is 3. The quantitative estimate of drug-likeness (QED) is 0.870. The minimum Gasteiger partial charge on any atom is -0.480 e. The number of anilines is 1. The van der Waals surface area contributed by atoms with Crippen LogP contribution in [0.15, 0.2) is 30.3 Å². The number of carbonyl (C=O) groups excluding carboxylic acids is 2. The summed E-state index contributed by atoms with van der Waals surface area (Å²) in [4.78, 5) is 39.5. The van der Waals surface area contributed by atoms with Crippen LogP contribution in [0.2, 0.25) is 0 Å². The Labute approximate surface area is 144 Å². The van der Waals surface area contributed by atoms with E-state index in [4.69, 9.17) is 5.11 Å². The maximum Gasteiger partial charge on any atom is 0.323 e. The highest BCUT2D eigenvalue weighted by Crippen LogP contribution is 2.36. The molecule has 1 N–H and O–H groups in total. The van der Waals surface area contributed by atoms with Crippen molar-refractivity contribution >= 4 is 34.2 Å². The zero-order chi connectivity index (χ0) is 17.6. The molecule has 0 saturated carbocycles. The van der Waals surface area contributed by atoms with Crippen LogP contribution in [0.4, 0.5) is 5.69 Å². The topological polar surface area (TPSA) is 77.9 Å². The summed E-state index contributed by atoms with van der Waals surface area (Å²) in [7, 11) is 0. The largest absolute Gasteiger partial charge is 0.480 e. The van der Waals surface area contributed by atoms with E-state index in [0.717, 1.165) is 41.9 Å². The van der Waals surface area contributed by atoms with Gasteiger partial charge in [-0.3, -0.25) is 19.3 Å². The number of amides is 2. The summed E-state index contributed by atoms with van der Waals surface area (Å²) in [5.74, 6) is -2.29. The molecule has 2 aliphatic heterocycles. The second-order valence-electron chi connectivity index (χ2n) is 6.50. The van der Waals surface area contributed by atoms with Crippen LogP contribution in [0.1, 0.15) is 40.0 Å². The van der Waals surface area contributed by atoms with Gasteiger partial charge in [0.15, 0.2) is 0 Å². The Hall–Kier alpha value is -2.89. The lowest BCUT2D eigenvalue weighted by molar-refractivity contribution is -0.137. The van der Waals surface area contributed by atoms with Gasteiger partial charge in [0.2, 0.25) is 0 Å². The molecular formula is C19H18N2O4. The van der Waals surface area contributed by atoms with Gasteiger partial charge < -0.3 is 10.0 Å². The molecule has 2 aromatic rings. The third kappa shape index (κ3) is 2.45. The fourth-order valence-electron chi connectivity index (χ4n) is 3.82. The normalized spacial score (nSPS) is 17.3. The SMILES string of the molecule is O=C(O)CN1C(=O)c2cccc3c(N4CCCCC4)ccc(c23)C1=O. The van der Waals surface area contributed by atoms with Crippen molar-refractivity contribution in [3.8, 4) is 0 Å². The molecule has 6 nitrogen and oxygen atoms in total. The predicted molar refractivity (Wildman–Crippen MR) is 93.0 cm³/mol. The molecule has 0 atom stereocenters. The molecule has 1 fully saturated rings. The van der Waals surface area contributed by atoms with Crippen molar-refractivity contribution in [1.82, 2.24) is 4.90 Å². The minimum atomic E-state index is -1.21. The summed E-state index contributed by atoms with van der Waals surface area (Å²) in [5.41, 5.74) is 1.83.